The van der Waals surface area contributed by atoms with Gasteiger partial charge in [0.25, 0.3) is 0 Å². The van der Waals surface area contributed by atoms with Crippen molar-refractivity contribution in [2.75, 3.05) is 39.3 Å². The Morgan fingerprint density at radius 2 is 1.70 bits per heavy atom. The van der Waals surface area contributed by atoms with Gasteiger partial charge in [-0.25, -0.2) is 12.8 Å². The van der Waals surface area contributed by atoms with Crippen LogP contribution < -0.4 is 0 Å². The maximum atomic E-state index is 13.4. The Morgan fingerprint density at radius 3 is 2.30 bits per heavy atom. The SMILES string of the molecule is CC(C)(C)C(=O)N1CCCC(C(=O)N2CCN(S(=O)(=O)c3cccc(F)c3)CC2)C1. The number of halogens is 1. The fourth-order valence-corrected chi connectivity index (χ4v) is 5.48. The highest BCUT2D eigenvalue weighted by atomic mass is 32.2. The van der Waals surface area contributed by atoms with Crippen molar-refractivity contribution in [3.63, 3.8) is 0 Å². The first kappa shape index (κ1) is 22.7. The van der Waals surface area contributed by atoms with Gasteiger partial charge in [-0.1, -0.05) is 26.8 Å². The van der Waals surface area contributed by atoms with E-state index in [0.29, 0.717) is 13.1 Å². The largest absolute Gasteiger partial charge is 0.341 e. The van der Waals surface area contributed by atoms with Crippen LogP contribution in [0.25, 0.3) is 0 Å². The molecule has 0 N–H and O–H groups in total. The minimum Gasteiger partial charge on any atom is -0.341 e. The Balaban J connectivity index is 1.61. The Labute approximate surface area is 177 Å². The molecule has 2 aliphatic heterocycles. The van der Waals surface area contributed by atoms with Crippen molar-refractivity contribution < 1.29 is 22.4 Å². The van der Waals surface area contributed by atoms with Crippen molar-refractivity contribution in [2.24, 2.45) is 11.3 Å². The zero-order chi connectivity index (χ0) is 22.1. The van der Waals surface area contributed by atoms with Crippen molar-refractivity contribution in [1.29, 1.82) is 0 Å². The molecule has 0 bridgehead atoms. The summed E-state index contributed by atoms with van der Waals surface area (Å²) in [4.78, 5) is 29.0. The van der Waals surface area contributed by atoms with E-state index in [1.807, 2.05) is 20.8 Å². The van der Waals surface area contributed by atoms with E-state index >= 15 is 0 Å². The van der Waals surface area contributed by atoms with Gasteiger partial charge in [0.15, 0.2) is 0 Å². The Hall–Kier alpha value is -2.00. The lowest BCUT2D eigenvalue weighted by atomic mass is 9.90. The Bertz CT molecular complexity index is 905. The van der Waals surface area contributed by atoms with E-state index in [2.05, 4.69) is 0 Å². The van der Waals surface area contributed by atoms with E-state index in [9.17, 15) is 22.4 Å². The number of piperazine rings is 1. The van der Waals surface area contributed by atoms with Gasteiger partial charge in [0, 0.05) is 44.7 Å². The number of rotatable bonds is 3. The summed E-state index contributed by atoms with van der Waals surface area (Å²) in [6.07, 6.45) is 1.51. The molecule has 0 spiro atoms. The molecule has 1 aromatic carbocycles. The van der Waals surface area contributed by atoms with Crippen LogP contribution >= 0.6 is 0 Å². The minimum atomic E-state index is -3.79. The number of carbonyl (C=O) groups is 2. The molecule has 9 heteroatoms. The summed E-state index contributed by atoms with van der Waals surface area (Å²) in [6, 6.07) is 4.96. The molecule has 0 aromatic heterocycles. The highest BCUT2D eigenvalue weighted by molar-refractivity contribution is 7.89. The van der Waals surface area contributed by atoms with Crippen LogP contribution in [-0.2, 0) is 19.6 Å². The first-order valence-corrected chi connectivity index (χ1v) is 11.8. The summed E-state index contributed by atoms with van der Waals surface area (Å²) in [5.41, 5.74) is -0.484. The summed E-state index contributed by atoms with van der Waals surface area (Å²) in [6.45, 7) is 7.62. The van der Waals surface area contributed by atoms with Crippen LogP contribution in [0, 0.1) is 17.2 Å². The van der Waals surface area contributed by atoms with Gasteiger partial charge >= 0.3 is 0 Å². The summed E-state index contributed by atoms with van der Waals surface area (Å²) in [5.74, 6) is -0.830. The number of benzene rings is 1. The Morgan fingerprint density at radius 1 is 1.03 bits per heavy atom. The molecule has 2 amide bonds. The zero-order valence-electron chi connectivity index (χ0n) is 17.8. The highest BCUT2D eigenvalue weighted by Crippen LogP contribution is 2.25. The molecule has 7 nitrogen and oxygen atoms in total. The predicted octanol–water partition coefficient (Wildman–Crippen LogP) is 1.94. The first-order chi connectivity index (χ1) is 14.0. The average Bonchev–Trinajstić information content (AvgIpc) is 2.72. The lowest BCUT2D eigenvalue weighted by Gasteiger charge is -2.39. The van der Waals surface area contributed by atoms with Gasteiger partial charge in [-0.15, -0.1) is 0 Å². The quantitative estimate of drug-likeness (QED) is 0.721. The van der Waals surface area contributed by atoms with Crippen LogP contribution in [0.15, 0.2) is 29.2 Å². The van der Waals surface area contributed by atoms with E-state index in [1.54, 1.807) is 9.80 Å². The molecule has 30 heavy (non-hydrogen) atoms. The predicted molar refractivity (Wildman–Crippen MR) is 110 cm³/mol. The summed E-state index contributed by atoms with van der Waals surface area (Å²) >= 11 is 0. The monoisotopic (exact) mass is 439 g/mol. The zero-order valence-corrected chi connectivity index (χ0v) is 18.6. The van der Waals surface area contributed by atoms with E-state index in [0.717, 1.165) is 18.9 Å². The number of hydrogen-bond acceptors (Lipinski definition) is 4. The van der Waals surface area contributed by atoms with Crippen LogP contribution in [0.5, 0.6) is 0 Å². The molecule has 0 aliphatic carbocycles. The molecule has 2 fully saturated rings. The van der Waals surface area contributed by atoms with Crippen molar-refractivity contribution in [2.45, 2.75) is 38.5 Å². The third kappa shape index (κ3) is 4.83. The summed E-state index contributed by atoms with van der Waals surface area (Å²) < 4.78 is 40.2. The minimum absolute atomic E-state index is 0.0239. The molecular weight excluding hydrogens is 409 g/mol. The van der Waals surface area contributed by atoms with E-state index in [-0.39, 0.29) is 48.8 Å². The molecule has 166 valence electrons. The molecule has 2 aliphatic rings. The Kier molecular flexibility index (Phi) is 6.52. The van der Waals surface area contributed by atoms with Crippen molar-refractivity contribution >= 4 is 21.8 Å². The molecule has 2 heterocycles. The number of piperidine rings is 1. The summed E-state index contributed by atoms with van der Waals surface area (Å²) in [7, 11) is -3.79. The molecule has 1 aromatic rings. The van der Waals surface area contributed by atoms with Crippen LogP contribution in [-0.4, -0.2) is 73.6 Å². The molecule has 3 rings (SSSR count). The van der Waals surface area contributed by atoms with Gasteiger partial charge in [0.05, 0.1) is 10.8 Å². The van der Waals surface area contributed by atoms with Crippen LogP contribution in [0.1, 0.15) is 33.6 Å². The number of likely N-dealkylation sites (tertiary alicyclic amines) is 1. The standard InChI is InChI=1S/C21H30FN3O4S/c1-21(2,3)20(27)24-9-5-6-16(15-24)19(26)23-10-12-25(13-11-23)30(28,29)18-8-4-7-17(22)14-18/h4,7-8,14,16H,5-6,9-13,15H2,1-3H3. The maximum absolute atomic E-state index is 13.4. The number of nitrogens with zero attached hydrogens (tertiary/aromatic N) is 3. The van der Waals surface area contributed by atoms with Gasteiger partial charge in [0.2, 0.25) is 21.8 Å². The van der Waals surface area contributed by atoms with Crippen molar-refractivity contribution in [3.8, 4) is 0 Å². The van der Waals surface area contributed by atoms with Crippen molar-refractivity contribution in [3.05, 3.63) is 30.1 Å². The number of sulfonamides is 1. The highest BCUT2D eigenvalue weighted by Gasteiger charge is 2.37. The first-order valence-electron chi connectivity index (χ1n) is 10.3. The van der Waals surface area contributed by atoms with Gasteiger partial charge in [0.1, 0.15) is 5.82 Å². The van der Waals surface area contributed by atoms with Crippen molar-refractivity contribution in [1.82, 2.24) is 14.1 Å². The van der Waals surface area contributed by atoms with E-state index in [1.165, 1.54) is 22.5 Å². The summed E-state index contributed by atoms with van der Waals surface area (Å²) in [5, 5.41) is 0. The molecular formula is C21H30FN3O4S. The third-order valence-electron chi connectivity index (χ3n) is 5.68. The van der Waals surface area contributed by atoms with Crippen LogP contribution in [0.4, 0.5) is 4.39 Å². The van der Waals surface area contributed by atoms with Crippen LogP contribution in [0.2, 0.25) is 0 Å². The van der Waals surface area contributed by atoms with E-state index in [4.69, 9.17) is 0 Å². The maximum Gasteiger partial charge on any atom is 0.243 e. The molecule has 1 unspecified atom stereocenters. The third-order valence-corrected chi connectivity index (χ3v) is 7.58. The van der Waals surface area contributed by atoms with Gasteiger partial charge in [-0.2, -0.15) is 4.31 Å². The fourth-order valence-electron chi connectivity index (χ4n) is 4.02. The second-order valence-electron chi connectivity index (χ2n) is 9.03. The number of hydrogen-bond donors (Lipinski definition) is 0. The molecule has 1 atom stereocenters. The average molecular weight is 440 g/mol. The topological polar surface area (TPSA) is 78.0 Å². The van der Waals surface area contributed by atoms with E-state index < -0.39 is 21.3 Å². The number of carbonyl (C=O) groups excluding carboxylic acids is 2. The van der Waals surface area contributed by atoms with Gasteiger partial charge < -0.3 is 9.80 Å². The number of amides is 2. The second kappa shape index (κ2) is 8.63. The fraction of sp³-hybridized carbons (Fsp3) is 0.619. The normalized spacial score (nSPS) is 21.5. The second-order valence-corrected chi connectivity index (χ2v) is 11.0. The molecule has 0 saturated carbocycles. The molecule has 2 saturated heterocycles. The smallest absolute Gasteiger partial charge is 0.243 e. The van der Waals surface area contributed by atoms with Gasteiger partial charge in [-0.05, 0) is 31.0 Å². The van der Waals surface area contributed by atoms with Crippen LogP contribution in [0.3, 0.4) is 0 Å². The lowest BCUT2D eigenvalue weighted by Crippen LogP contribution is -2.54. The van der Waals surface area contributed by atoms with Gasteiger partial charge in [-0.3, -0.25) is 9.59 Å². The molecule has 0 radical (unpaired) electrons. The lowest BCUT2D eigenvalue weighted by molar-refractivity contribution is -0.145.